The van der Waals surface area contributed by atoms with E-state index in [0.29, 0.717) is 0 Å². The van der Waals surface area contributed by atoms with Gasteiger partial charge in [0.05, 0.1) is 0 Å². The standard InChI is InChI=1S/C9H6BrNO2/c10-6-2-1-5-3-8(9(12)13)11-7(5)4-6/h1-4,11H,(H,12,13). The van der Waals surface area contributed by atoms with Gasteiger partial charge < -0.3 is 10.1 Å². The molecule has 1 heterocycles. The van der Waals surface area contributed by atoms with E-state index >= 15 is 0 Å². The van der Waals surface area contributed by atoms with Crippen LogP contribution in [0.25, 0.3) is 10.9 Å². The van der Waals surface area contributed by atoms with Gasteiger partial charge in [0.25, 0.3) is 0 Å². The van der Waals surface area contributed by atoms with E-state index < -0.39 is 5.97 Å². The highest BCUT2D eigenvalue weighted by molar-refractivity contribution is 9.10. The Kier molecular flexibility index (Phi) is 1.84. The van der Waals surface area contributed by atoms with E-state index in [1.165, 1.54) is 0 Å². The molecule has 1 aromatic carbocycles. The molecule has 0 amide bonds. The van der Waals surface area contributed by atoms with Gasteiger partial charge in [0.1, 0.15) is 5.69 Å². The Morgan fingerprint density at radius 2 is 2.15 bits per heavy atom. The third kappa shape index (κ3) is 1.45. The number of halogens is 1. The summed E-state index contributed by atoms with van der Waals surface area (Å²) in [6.07, 6.45) is 0. The van der Waals surface area contributed by atoms with Crippen LogP contribution in [0.3, 0.4) is 0 Å². The Morgan fingerprint density at radius 1 is 1.38 bits per heavy atom. The van der Waals surface area contributed by atoms with Gasteiger partial charge in [-0.15, -0.1) is 0 Å². The van der Waals surface area contributed by atoms with Crippen molar-refractivity contribution in [1.29, 1.82) is 0 Å². The van der Waals surface area contributed by atoms with Gasteiger partial charge in [0, 0.05) is 15.4 Å². The SMILES string of the molecule is O=C(O)c1cc2ccc(Br)cc2[nH]1. The second-order valence-corrected chi connectivity index (χ2v) is 3.64. The third-order valence-corrected chi connectivity index (χ3v) is 2.31. The van der Waals surface area contributed by atoms with Crippen LogP contribution in [0.15, 0.2) is 28.7 Å². The van der Waals surface area contributed by atoms with E-state index in [0.717, 1.165) is 15.4 Å². The van der Waals surface area contributed by atoms with E-state index in [9.17, 15) is 4.79 Å². The molecule has 4 heteroatoms. The molecule has 0 bridgehead atoms. The first-order chi connectivity index (χ1) is 6.16. The molecule has 0 spiro atoms. The lowest BCUT2D eigenvalue weighted by molar-refractivity contribution is 0.0691. The monoisotopic (exact) mass is 239 g/mol. The van der Waals surface area contributed by atoms with Crippen molar-refractivity contribution in [3.05, 3.63) is 34.4 Å². The van der Waals surface area contributed by atoms with E-state index in [-0.39, 0.29) is 5.69 Å². The minimum atomic E-state index is -0.938. The fourth-order valence-corrected chi connectivity index (χ4v) is 1.58. The van der Waals surface area contributed by atoms with Crippen LogP contribution < -0.4 is 0 Å². The molecule has 0 aliphatic heterocycles. The molecule has 0 fully saturated rings. The van der Waals surface area contributed by atoms with Crippen molar-refractivity contribution in [2.24, 2.45) is 0 Å². The summed E-state index contributed by atoms with van der Waals surface area (Å²) in [5.74, 6) is -0.938. The zero-order valence-corrected chi connectivity index (χ0v) is 8.13. The number of aromatic carboxylic acids is 1. The zero-order chi connectivity index (χ0) is 9.42. The van der Waals surface area contributed by atoms with E-state index in [4.69, 9.17) is 5.11 Å². The van der Waals surface area contributed by atoms with Crippen LogP contribution in [0.4, 0.5) is 0 Å². The van der Waals surface area contributed by atoms with Crippen molar-refractivity contribution < 1.29 is 9.90 Å². The molecular weight excluding hydrogens is 234 g/mol. The lowest BCUT2D eigenvalue weighted by Gasteiger charge is -1.89. The lowest BCUT2D eigenvalue weighted by Crippen LogP contribution is -1.94. The summed E-state index contributed by atoms with van der Waals surface area (Å²) in [5.41, 5.74) is 1.04. The number of aromatic nitrogens is 1. The molecule has 2 aromatic rings. The second-order valence-electron chi connectivity index (χ2n) is 2.72. The van der Waals surface area contributed by atoms with Crippen molar-refractivity contribution in [2.75, 3.05) is 0 Å². The molecule has 0 aliphatic carbocycles. The average molecular weight is 240 g/mol. The number of carboxylic acid groups (broad SMARTS) is 1. The summed E-state index contributed by atoms with van der Waals surface area (Å²) in [6, 6.07) is 7.20. The molecule has 3 nitrogen and oxygen atoms in total. The first-order valence-electron chi connectivity index (χ1n) is 3.68. The Balaban J connectivity index is 2.68. The Hall–Kier alpha value is -1.29. The van der Waals surface area contributed by atoms with E-state index in [1.54, 1.807) is 6.07 Å². The van der Waals surface area contributed by atoms with Crippen LogP contribution in [-0.4, -0.2) is 16.1 Å². The fourth-order valence-electron chi connectivity index (χ4n) is 1.21. The normalized spacial score (nSPS) is 10.5. The van der Waals surface area contributed by atoms with Crippen LogP contribution in [0.1, 0.15) is 10.5 Å². The number of hydrogen-bond acceptors (Lipinski definition) is 1. The summed E-state index contributed by atoms with van der Waals surface area (Å²) in [6.45, 7) is 0. The minimum absolute atomic E-state index is 0.216. The molecule has 0 atom stereocenters. The maximum Gasteiger partial charge on any atom is 0.352 e. The highest BCUT2D eigenvalue weighted by Gasteiger charge is 2.06. The van der Waals surface area contributed by atoms with E-state index in [1.807, 2.05) is 18.2 Å². The number of carbonyl (C=O) groups is 1. The maximum atomic E-state index is 10.6. The summed E-state index contributed by atoms with van der Waals surface area (Å²) in [5, 5.41) is 9.62. The number of carboxylic acids is 1. The van der Waals surface area contributed by atoms with Crippen LogP contribution in [0.2, 0.25) is 0 Å². The molecule has 2 rings (SSSR count). The van der Waals surface area contributed by atoms with Gasteiger partial charge in [0.2, 0.25) is 0 Å². The highest BCUT2D eigenvalue weighted by Crippen LogP contribution is 2.20. The van der Waals surface area contributed by atoms with Gasteiger partial charge in [-0.1, -0.05) is 22.0 Å². The number of H-pyrrole nitrogens is 1. The van der Waals surface area contributed by atoms with Crippen molar-refractivity contribution >= 4 is 32.8 Å². The van der Waals surface area contributed by atoms with Gasteiger partial charge in [-0.3, -0.25) is 0 Å². The summed E-state index contributed by atoms with van der Waals surface area (Å²) in [7, 11) is 0. The molecule has 0 unspecified atom stereocenters. The van der Waals surface area contributed by atoms with E-state index in [2.05, 4.69) is 20.9 Å². The molecule has 0 aliphatic rings. The van der Waals surface area contributed by atoms with Crippen molar-refractivity contribution in [2.45, 2.75) is 0 Å². The number of hydrogen-bond donors (Lipinski definition) is 2. The first kappa shape index (κ1) is 8.31. The Labute approximate surface area is 82.5 Å². The molecule has 0 saturated heterocycles. The molecule has 0 saturated carbocycles. The van der Waals surface area contributed by atoms with Gasteiger partial charge in [-0.2, -0.15) is 0 Å². The Bertz CT molecular complexity index is 475. The van der Waals surface area contributed by atoms with Crippen molar-refractivity contribution in [1.82, 2.24) is 4.98 Å². The largest absolute Gasteiger partial charge is 0.477 e. The number of nitrogens with one attached hydrogen (secondary N) is 1. The quantitative estimate of drug-likeness (QED) is 0.804. The molecule has 0 radical (unpaired) electrons. The van der Waals surface area contributed by atoms with Gasteiger partial charge >= 0.3 is 5.97 Å². The molecule has 66 valence electrons. The smallest absolute Gasteiger partial charge is 0.352 e. The predicted octanol–water partition coefficient (Wildman–Crippen LogP) is 2.63. The molecular formula is C9H6BrNO2. The van der Waals surface area contributed by atoms with Crippen molar-refractivity contribution in [3.8, 4) is 0 Å². The van der Waals surface area contributed by atoms with Gasteiger partial charge in [-0.25, -0.2) is 4.79 Å². The van der Waals surface area contributed by atoms with Crippen LogP contribution in [-0.2, 0) is 0 Å². The number of fused-ring (bicyclic) bond motifs is 1. The summed E-state index contributed by atoms with van der Waals surface area (Å²) < 4.78 is 0.929. The number of benzene rings is 1. The molecule has 13 heavy (non-hydrogen) atoms. The zero-order valence-electron chi connectivity index (χ0n) is 6.54. The molecule has 1 aromatic heterocycles. The topological polar surface area (TPSA) is 53.1 Å². The highest BCUT2D eigenvalue weighted by atomic mass is 79.9. The van der Waals surface area contributed by atoms with Crippen LogP contribution >= 0.6 is 15.9 Å². The summed E-state index contributed by atoms with van der Waals surface area (Å²) >= 11 is 3.31. The lowest BCUT2D eigenvalue weighted by atomic mass is 10.2. The Morgan fingerprint density at radius 3 is 2.85 bits per heavy atom. The summed E-state index contributed by atoms with van der Waals surface area (Å²) in [4.78, 5) is 13.4. The number of rotatable bonds is 1. The maximum absolute atomic E-state index is 10.6. The van der Waals surface area contributed by atoms with Gasteiger partial charge in [0.15, 0.2) is 0 Å². The number of aromatic amines is 1. The van der Waals surface area contributed by atoms with Crippen LogP contribution in [0, 0.1) is 0 Å². The average Bonchev–Trinajstić information content (AvgIpc) is 2.46. The van der Waals surface area contributed by atoms with Crippen LogP contribution in [0.5, 0.6) is 0 Å². The molecule has 2 N–H and O–H groups in total. The van der Waals surface area contributed by atoms with Crippen molar-refractivity contribution in [3.63, 3.8) is 0 Å². The fraction of sp³-hybridized carbons (Fsp3) is 0. The first-order valence-corrected chi connectivity index (χ1v) is 4.48. The second kappa shape index (κ2) is 2.88. The third-order valence-electron chi connectivity index (χ3n) is 1.81. The predicted molar refractivity (Wildman–Crippen MR) is 53.0 cm³/mol. The van der Waals surface area contributed by atoms with Gasteiger partial charge in [-0.05, 0) is 18.2 Å². The minimum Gasteiger partial charge on any atom is -0.477 e.